The van der Waals surface area contributed by atoms with Crippen LogP contribution in [0.4, 0.5) is 0 Å². The van der Waals surface area contributed by atoms with Crippen molar-refractivity contribution in [3.8, 4) is 0 Å². The van der Waals surface area contributed by atoms with E-state index >= 15 is 0 Å². The molecule has 102 valence electrons. The van der Waals surface area contributed by atoms with Crippen molar-refractivity contribution < 1.29 is 19.5 Å². The van der Waals surface area contributed by atoms with E-state index in [2.05, 4.69) is 0 Å². The molecule has 0 radical (unpaired) electrons. The molecular weight excluding hydrogens is 248 g/mol. The van der Waals surface area contributed by atoms with Crippen LogP contribution in [0.1, 0.15) is 12.0 Å². The molecule has 0 saturated carbocycles. The first-order valence-corrected chi connectivity index (χ1v) is 6.05. The van der Waals surface area contributed by atoms with Crippen molar-refractivity contribution >= 4 is 11.8 Å². The summed E-state index contributed by atoms with van der Waals surface area (Å²) in [5.74, 6) is -1.88. The number of aliphatic hydroxyl groups is 1. The normalized spacial score (nSPS) is 18.1. The number of nitrogens with two attached hydrogens (primary N) is 1. The minimum Gasteiger partial charge on any atom is -0.371 e. The van der Waals surface area contributed by atoms with E-state index in [-0.39, 0.29) is 6.42 Å². The molecule has 0 aromatic heterocycles. The maximum absolute atomic E-state index is 12.2. The quantitative estimate of drug-likeness (QED) is 0.724. The van der Waals surface area contributed by atoms with Gasteiger partial charge in [0.15, 0.2) is 0 Å². The van der Waals surface area contributed by atoms with Gasteiger partial charge in [0.25, 0.3) is 11.8 Å². The summed E-state index contributed by atoms with van der Waals surface area (Å²) < 4.78 is 0. The number of hydroxylamine groups is 2. The molecule has 1 aromatic rings. The first-order valence-electron chi connectivity index (χ1n) is 6.05. The van der Waals surface area contributed by atoms with E-state index in [1.165, 1.54) is 0 Å². The highest BCUT2D eigenvalue weighted by atomic mass is 16.7. The summed E-state index contributed by atoms with van der Waals surface area (Å²) in [5.41, 5.74) is 3.57. The van der Waals surface area contributed by atoms with Crippen LogP contribution in [0.2, 0.25) is 0 Å². The van der Waals surface area contributed by atoms with Gasteiger partial charge in [-0.25, -0.2) is 5.06 Å². The van der Waals surface area contributed by atoms with Crippen molar-refractivity contribution in [2.75, 3.05) is 13.2 Å². The Labute approximate surface area is 110 Å². The number of carbonyl (C=O) groups excluding carboxylic acids is 2. The molecule has 3 N–H and O–H groups in total. The van der Waals surface area contributed by atoms with Crippen LogP contribution in [-0.4, -0.2) is 40.7 Å². The van der Waals surface area contributed by atoms with Gasteiger partial charge in [0.1, 0.15) is 0 Å². The molecule has 2 amide bonds. The fourth-order valence-electron chi connectivity index (χ4n) is 1.97. The van der Waals surface area contributed by atoms with Crippen molar-refractivity contribution in [2.45, 2.75) is 18.4 Å². The summed E-state index contributed by atoms with van der Waals surface area (Å²) in [5, 5.41) is 11.3. The van der Waals surface area contributed by atoms with Crippen LogP contribution in [0.5, 0.6) is 0 Å². The second-order valence-electron chi connectivity index (χ2n) is 4.48. The average molecular weight is 264 g/mol. The van der Waals surface area contributed by atoms with E-state index in [0.717, 1.165) is 5.06 Å². The molecule has 1 aliphatic rings. The summed E-state index contributed by atoms with van der Waals surface area (Å²) in [6.45, 7) is 0.745. The van der Waals surface area contributed by atoms with Gasteiger partial charge < -0.3 is 10.8 Å². The van der Waals surface area contributed by atoms with E-state index in [1.807, 2.05) is 0 Å². The van der Waals surface area contributed by atoms with Gasteiger partial charge in [0, 0.05) is 6.42 Å². The second-order valence-corrected chi connectivity index (χ2v) is 4.48. The topological polar surface area (TPSA) is 92.9 Å². The molecule has 2 rings (SSSR count). The van der Waals surface area contributed by atoms with E-state index < -0.39 is 17.4 Å². The van der Waals surface area contributed by atoms with Gasteiger partial charge in [-0.05, 0) is 12.0 Å². The van der Waals surface area contributed by atoms with Crippen LogP contribution in [-0.2, 0) is 20.8 Å². The van der Waals surface area contributed by atoms with E-state index in [9.17, 15) is 14.7 Å². The van der Waals surface area contributed by atoms with Crippen molar-refractivity contribution in [2.24, 2.45) is 5.73 Å². The van der Waals surface area contributed by atoms with E-state index in [4.69, 9.17) is 10.6 Å². The zero-order valence-corrected chi connectivity index (χ0v) is 10.4. The maximum Gasteiger partial charge on any atom is 0.288 e. The molecule has 1 aliphatic heterocycles. The zero-order valence-electron chi connectivity index (χ0n) is 10.4. The van der Waals surface area contributed by atoms with E-state index in [1.54, 1.807) is 30.3 Å². The first-order chi connectivity index (χ1) is 9.04. The lowest BCUT2D eigenvalue weighted by atomic mass is 9.92. The van der Waals surface area contributed by atoms with Gasteiger partial charge in [-0.15, -0.1) is 0 Å². The Bertz CT molecular complexity index is 471. The molecule has 1 saturated heterocycles. The van der Waals surface area contributed by atoms with Crippen LogP contribution in [0.25, 0.3) is 0 Å². The third-order valence-corrected chi connectivity index (χ3v) is 3.04. The molecular formula is C13H16N2O4. The van der Waals surface area contributed by atoms with Crippen molar-refractivity contribution in [1.82, 2.24) is 5.06 Å². The number of primary amides is 1. The Hall–Kier alpha value is -1.92. The minimum absolute atomic E-state index is 0.165. The summed E-state index contributed by atoms with van der Waals surface area (Å²) in [6, 6.07) is 8.75. The number of carbonyl (C=O) groups is 2. The summed E-state index contributed by atoms with van der Waals surface area (Å²) in [7, 11) is 0. The van der Waals surface area contributed by atoms with Gasteiger partial charge in [-0.2, -0.15) is 0 Å². The lowest BCUT2D eigenvalue weighted by Crippen LogP contribution is -2.57. The summed E-state index contributed by atoms with van der Waals surface area (Å²) in [6.07, 6.45) is 0.508. The lowest BCUT2D eigenvalue weighted by molar-refractivity contribution is -0.189. The molecule has 0 aliphatic carbocycles. The fraction of sp³-hybridized carbons (Fsp3) is 0.385. The Morgan fingerprint density at radius 3 is 2.58 bits per heavy atom. The molecule has 0 unspecified atom stereocenters. The largest absolute Gasteiger partial charge is 0.371 e. The molecule has 1 atom stereocenters. The van der Waals surface area contributed by atoms with Crippen LogP contribution < -0.4 is 5.73 Å². The van der Waals surface area contributed by atoms with Crippen LogP contribution in [0.3, 0.4) is 0 Å². The number of benzene rings is 1. The number of hydrogen-bond acceptors (Lipinski definition) is 4. The second kappa shape index (κ2) is 5.38. The number of hydrogen-bond donors (Lipinski definition) is 2. The highest BCUT2D eigenvalue weighted by molar-refractivity contribution is 6.07. The molecule has 1 heterocycles. The Morgan fingerprint density at radius 2 is 2.05 bits per heavy atom. The summed E-state index contributed by atoms with van der Waals surface area (Å²) >= 11 is 0. The van der Waals surface area contributed by atoms with Gasteiger partial charge >= 0.3 is 0 Å². The summed E-state index contributed by atoms with van der Waals surface area (Å²) in [4.78, 5) is 28.7. The lowest BCUT2D eigenvalue weighted by Gasteiger charge is -2.27. The molecule has 0 spiro atoms. The zero-order chi connectivity index (χ0) is 13.9. The Morgan fingerprint density at radius 1 is 1.37 bits per heavy atom. The van der Waals surface area contributed by atoms with Gasteiger partial charge in [0.2, 0.25) is 5.60 Å². The van der Waals surface area contributed by atoms with Crippen LogP contribution in [0.15, 0.2) is 30.3 Å². The van der Waals surface area contributed by atoms with Crippen molar-refractivity contribution in [1.29, 1.82) is 0 Å². The smallest absolute Gasteiger partial charge is 0.288 e. The first kappa shape index (κ1) is 13.5. The number of amides is 2. The molecule has 6 nitrogen and oxygen atoms in total. The number of nitrogens with zero attached hydrogens (tertiary/aromatic N) is 1. The standard InChI is InChI=1S/C13H16N2O4/c14-11(16)13(18,9-10-5-2-1-3-6-10)12(17)15-7-4-8-19-15/h1-3,5-6,18H,4,7-9H2,(H2,14,16)/t13-/m1/s1. The monoisotopic (exact) mass is 264 g/mol. The molecule has 19 heavy (non-hydrogen) atoms. The SMILES string of the molecule is NC(=O)[C@](O)(Cc1ccccc1)C(=O)N1CCCO1. The van der Waals surface area contributed by atoms with Crippen LogP contribution >= 0.6 is 0 Å². The Balaban J connectivity index is 2.22. The predicted octanol–water partition coefficient (Wildman–Crippen LogP) is -0.391. The third-order valence-electron chi connectivity index (χ3n) is 3.04. The van der Waals surface area contributed by atoms with Gasteiger partial charge in [-0.3, -0.25) is 14.4 Å². The van der Waals surface area contributed by atoms with Gasteiger partial charge in [-0.1, -0.05) is 30.3 Å². The highest BCUT2D eigenvalue weighted by Gasteiger charge is 2.46. The van der Waals surface area contributed by atoms with Crippen molar-refractivity contribution in [3.05, 3.63) is 35.9 Å². The van der Waals surface area contributed by atoms with Crippen LogP contribution in [0, 0.1) is 0 Å². The minimum atomic E-state index is -2.27. The maximum atomic E-state index is 12.2. The third kappa shape index (κ3) is 2.74. The fourth-order valence-corrected chi connectivity index (χ4v) is 1.97. The molecule has 1 aromatic carbocycles. The average Bonchev–Trinajstić information content (AvgIpc) is 2.92. The number of rotatable bonds is 4. The van der Waals surface area contributed by atoms with Crippen molar-refractivity contribution in [3.63, 3.8) is 0 Å². The molecule has 1 fully saturated rings. The highest BCUT2D eigenvalue weighted by Crippen LogP contribution is 2.19. The van der Waals surface area contributed by atoms with Gasteiger partial charge in [0.05, 0.1) is 13.2 Å². The van der Waals surface area contributed by atoms with E-state index in [0.29, 0.717) is 25.1 Å². The predicted molar refractivity (Wildman–Crippen MR) is 66.6 cm³/mol. The molecule has 0 bridgehead atoms. The Kier molecular flexibility index (Phi) is 3.82. The molecule has 6 heteroatoms.